The van der Waals surface area contributed by atoms with E-state index in [-0.39, 0.29) is 59.1 Å². The van der Waals surface area contributed by atoms with Crippen molar-refractivity contribution in [3.05, 3.63) is 11.6 Å². The molecule has 4 aliphatic carbocycles. The Bertz CT molecular complexity index is 1070. The Morgan fingerprint density at radius 1 is 0.952 bits per heavy atom. The van der Waals surface area contributed by atoms with Gasteiger partial charge in [0.1, 0.15) is 12.2 Å². The van der Waals surface area contributed by atoms with Crippen molar-refractivity contribution in [3.8, 4) is 0 Å². The van der Waals surface area contributed by atoms with Gasteiger partial charge in [-0.05, 0) is 98.2 Å². The van der Waals surface area contributed by atoms with Crippen molar-refractivity contribution >= 4 is 23.8 Å². The first kappa shape index (κ1) is 32.7. The molecule has 0 N–H and O–H groups in total. The van der Waals surface area contributed by atoms with Crippen molar-refractivity contribution in [3.63, 3.8) is 0 Å². The molecule has 4 aliphatic rings. The number of esters is 2. The number of rotatable bonds is 9. The first-order valence-corrected chi connectivity index (χ1v) is 16.5. The second-order valence-electron chi connectivity index (χ2n) is 14.8. The van der Waals surface area contributed by atoms with E-state index in [1.54, 1.807) is 5.57 Å². The molecule has 0 aromatic carbocycles. The number of allylic oxidation sites excluding steroid dienone is 2. The molecule has 0 aromatic rings. The maximum atomic E-state index is 12.4. The van der Waals surface area contributed by atoms with E-state index in [1.165, 1.54) is 64.7 Å². The Kier molecular flexibility index (Phi) is 9.99. The lowest BCUT2D eigenvalue weighted by molar-refractivity contribution is -0.160. The fourth-order valence-electron chi connectivity index (χ4n) is 10.2. The molecule has 3 fully saturated rings. The van der Waals surface area contributed by atoms with E-state index < -0.39 is 0 Å². The van der Waals surface area contributed by atoms with Crippen molar-refractivity contribution in [1.82, 2.24) is 4.90 Å². The summed E-state index contributed by atoms with van der Waals surface area (Å²) < 4.78 is 12.1. The number of fused-ring (bicyclic) bond motifs is 5. The molecule has 0 radical (unpaired) electrons. The van der Waals surface area contributed by atoms with E-state index in [2.05, 4.69) is 26.8 Å². The minimum Gasteiger partial charge on any atom is -0.462 e. The summed E-state index contributed by atoms with van der Waals surface area (Å²) in [5, 5.41) is 0. The van der Waals surface area contributed by atoms with Gasteiger partial charge in [0, 0.05) is 40.2 Å². The predicted molar refractivity (Wildman–Crippen MR) is 162 cm³/mol. The van der Waals surface area contributed by atoms with Gasteiger partial charge in [0.05, 0.1) is 0 Å². The topological polar surface area (TPSA) is 90.0 Å². The van der Waals surface area contributed by atoms with Crippen molar-refractivity contribution in [2.24, 2.45) is 46.3 Å². The van der Waals surface area contributed by atoms with Crippen LogP contribution in [-0.2, 0) is 28.7 Å². The summed E-state index contributed by atoms with van der Waals surface area (Å²) in [6.07, 6.45) is 12.8. The largest absolute Gasteiger partial charge is 0.462 e. The van der Waals surface area contributed by atoms with Crippen LogP contribution < -0.4 is 0 Å². The summed E-state index contributed by atoms with van der Waals surface area (Å²) in [6, 6.07) is 0. The summed E-state index contributed by atoms with van der Waals surface area (Å²) in [7, 11) is 0. The molecule has 2 unspecified atom stereocenters. The van der Waals surface area contributed by atoms with Gasteiger partial charge in [-0.25, -0.2) is 0 Å². The number of hydrogen-bond donors (Lipinski definition) is 0. The zero-order valence-corrected chi connectivity index (χ0v) is 27.4. The van der Waals surface area contributed by atoms with Gasteiger partial charge < -0.3 is 9.47 Å². The van der Waals surface area contributed by atoms with Crippen molar-refractivity contribution in [2.45, 2.75) is 132 Å². The van der Waals surface area contributed by atoms with Gasteiger partial charge in [0.25, 0.3) is 0 Å². The summed E-state index contributed by atoms with van der Waals surface area (Å²) in [6.45, 7) is 15.3. The fraction of sp³-hybridized carbons (Fsp3) is 0.829. The van der Waals surface area contributed by atoms with E-state index in [4.69, 9.17) is 9.47 Å². The number of hydrogen-bond acceptors (Lipinski definition) is 6. The zero-order valence-electron chi connectivity index (χ0n) is 27.4. The van der Waals surface area contributed by atoms with Gasteiger partial charge in [-0.2, -0.15) is 0 Å². The Balaban J connectivity index is 1.58. The number of nitrogens with zero attached hydrogens (tertiary/aromatic N) is 1. The predicted octanol–water partition coefficient (Wildman–Crippen LogP) is 6.88. The van der Waals surface area contributed by atoms with Crippen LogP contribution in [0.1, 0.15) is 120 Å². The second-order valence-corrected chi connectivity index (χ2v) is 14.8. The molecular weight excluding hydrogens is 530 g/mol. The molecular formula is C35H55NO6. The van der Waals surface area contributed by atoms with Crippen LogP contribution in [0.15, 0.2) is 11.6 Å². The highest BCUT2D eigenvalue weighted by Gasteiger charge is 2.63. The van der Waals surface area contributed by atoms with Gasteiger partial charge >= 0.3 is 11.9 Å². The highest BCUT2D eigenvalue weighted by Crippen LogP contribution is 2.67. The van der Waals surface area contributed by atoms with Gasteiger partial charge in [0.2, 0.25) is 11.8 Å². The van der Waals surface area contributed by atoms with Crippen LogP contribution in [0.25, 0.3) is 0 Å². The summed E-state index contributed by atoms with van der Waals surface area (Å²) in [5.74, 6) is 0.808. The average Bonchev–Trinajstić information content (AvgIpc) is 3.19. The molecule has 0 heterocycles. The molecule has 0 spiro atoms. The lowest BCUT2D eigenvalue weighted by Crippen LogP contribution is -2.51. The Labute approximate surface area is 253 Å². The van der Waals surface area contributed by atoms with E-state index in [1.807, 2.05) is 6.92 Å². The highest BCUT2D eigenvalue weighted by molar-refractivity contribution is 5.92. The molecule has 10 atom stereocenters. The minimum absolute atomic E-state index is 0.00585. The molecule has 3 saturated carbocycles. The van der Waals surface area contributed by atoms with Crippen LogP contribution in [0.4, 0.5) is 0 Å². The average molecular weight is 586 g/mol. The number of imide groups is 1. The Morgan fingerprint density at radius 3 is 2.26 bits per heavy atom. The number of carbonyl (C=O) groups is 4. The van der Waals surface area contributed by atoms with Crippen molar-refractivity contribution in [2.75, 3.05) is 6.54 Å². The quantitative estimate of drug-likeness (QED) is 0.217. The van der Waals surface area contributed by atoms with Gasteiger partial charge in [0.15, 0.2) is 0 Å². The van der Waals surface area contributed by atoms with E-state index in [0.29, 0.717) is 42.6 Å². The second kappa shape index (κ2) is 12.8. The molecule has 236 valence electrons. The first-order valence-electron chi connectivity index (χ1n) is 16.5. The van der Waals surface area contributed by atoms with Crippen LogP contribution in [-0.4, -0.2) is 47.4 Å². The van der Waals surface area contributed by atoms with Crippen molar-refractivity contribution < 1.29 is 28.7 Å². The molecule has 0 aromatic heterocycles. The van der Waals surface area contributed by atoms with Crippen LogP contribution in [0, 0.1) is 46.3 Å². The molecule has 0 saturated heterocycles. The number of carbonyl (C=O) groups excluding carboxylic acids is 4. The fourth-order valence-corrected chi connectivity index (χ4v) is 10.2. The summed E-state index contributed by atoms with van der Waals surface area (Å²) in [4.78, 5) is 50.0. The molecule has 0 bridgehead atoms. The third-order valence-corrected chi connectivity index (χ3v) is 12.1. The highest BCUT2D eigenvalue weighted by atomic mass is 16.5. The SMILES string of the molecule is CC(=O)OC(CCC(C)CN(C(C)=O)C(C)=O)[C@@H](C)[C@H]1[C@H](OC(C)=O)C[C@H]2[C@@H]3CC=C4CCCC[C@]4(C)[C@H]3CC[C@]12C. The minimum atomic E-state index is -0.335. The van der Waals surface area contributed by atoms with Crippen LogP contribution in [0.3, 0.4) is 0 Å². The number of amides is 2. The maximum absolute atomic E-state index is 12.4. The Morgan fingerprint density at radius 2 is 1.64 bits per heavy atom. The van der Waals surface area contributed by atoms with E-state index >= 15 is 0 Å². The van der Waals surface area contributed by atoms with Crippen LogP contribution in [0.5, 0.6) is 0 Å². The monoisotopic (exact) mass is 585 g/mol. The normalized spacial score (nSPS) is 35.8. The van der Waals surface area contributed by atoms with Gasteiger partial charge in [-0.1, -0.05) is 45.8 Å². The van der Waals surface area contributed by atoms with Crippen molar-refractivity contribution in [1.29, 1.82) is 0 Å². The van der Waals surface area contributed by atoms with Crippen LogP contribution >= 0.6 is 0 Å². The molecule has 42 heavy (non-hydrogen) atoms. The van der Waals surface area contributed by atoms with Crippen LogP contribution in [0.2, 0.25) is 0 Å². The summed E-state index contributed by atoms with van der Waals surface area (Å²) >= 11 is 0. The molecule has 7 nitrogen and oxygen atoms in total. The third-order valence-electron chi connectivity index (χ3n) is 12.1. The zero-order chi connectivity index (χ0) is 31.0. The van der Waals surface area contributed by atoms with Gasteiger partial charge in [-0.3, -0.25) is 24.1 Å². The standard InChI is InChI=1S/C35H55NO6/c1-21(20-36(23(3)37)24(4)38)12-15-31(41-25(5)39)22(2)33-32(42-26(6)40)19-30-28-14-13-27-11-9-10-17-34(27,7)29(28)16-18-35(30,33)8/h13,21-22,28-33H,9-12,14-20H2,1-8H3/t21?,22-,28-,29+,30+,31?,32-,33+,34+,35+/m1/s1. The molecule has 0 aliphatic heterocycles. The first-order chi connectivity index (χ1) is 19.7. The van der Waals surface area contributed by atoms with E-state index in [0.717, 1.165) is 19.3 Å². The molecule has 7 heteroatoms. The lowest BCUT2D eigenvalue weighted by atomic mass is 9.47. The molecule has 2 amide bonds. The summed E-state index contributed by atoms with van der Waals surface area (Å²) in [5.41, 5.74) is 1.98. The van der Waals surface area contributed by atoms with Gasteiger partial charge in [-0.15, -0.1) is 0 Å². The maximum Gasteiger partial charge on any atom is 0.302 e. The smallest absolute Gasteiger partial charge is 0.302 e. The third kappa shape index (κ3) is 6.36. The lowest BCUT2D eigenvalue weighted by Gasteiger charge is -2.58. The number of ether oxygens (including phenoxy) is 2. The molecule has 4 rings (SSSR count). The van der Waals surface area contributed by atoms with E-state index in [9.17, 15) is 19.2 Å². The Hall–Kier alpha value is -2.18.